The third kappa shape index (κ3) is 1.42. The Morgan fingerprint density at radius 2 is 2.20 bits per heavy atom. The van der Waals surface area contributed by atoms with E-state index in [1.807, 2.05) is 0 Å². The van der Waals surface area contributed by atoms with Crippen LogP contribution in [0.1, 0.15) is 5.56 Å². The summed E-state index contributed by atoms with van der Waals surface area (Å²) in [4.78, 5) is 3.20. The Kier molecular flexibility index (Phi) is 2.17. The van der Waals surface area contributed by atoms with Crippen molar-refractivity contribution >= 4 is 11.6 Å². The average molecular weight is 164 g/mol. The van der Waals surface area contributed by atoms with Crippen molar-refractivity contribution in [2.75, 3.05) is 0 Å². The van der Waals surface area contributed by atoms with Gasteiger partial charge in [-0.05, 0) is 12.1 Å². The summed E-state index contributed by atoms with van der Waals surface area (Å²) < 4.78 is 24.2. The number of rotatable bonds is 1. The van der Waals surface area contributed by atoms with E-state index in [4.69, 9.17) is 11.6 Å². The smallest absolute Gasteiger partial charge is 0.220 e. The second kappa shape index (κ2) is 2.92. The van der Waals surface area contributed by atoms with Gasteiger partial charge in [-0.3, -0.25) is 0 Å². The molecular formula is C6H4ClF2N. The summed E-state index contributed by atoms with van der Waals surface area (Å²) in [5.74, 6) is -0.838. The van der Waals surface area contributed by atoms with Crippen molar-refractivity contribution in [3.05, 3.63) is 28.8 Å². The van der Waals surface area contributed by atoms with E-state index >= 15 is 0 Å². The van der Waals surface area contributed by atoms with Crippen LogP contribution in [0.15, 0.2) is 12.1 Å². The molecule has 0 amide bonds. The molecule has 0 atom stereocenters. The van der Waals surface area contributed by atoms with E-state index in [1.165, 1.54) is 12.1 Å². The van der Waals surface area contributed by atoms with Gasteiger partial charge in [-0.15, -0.1) is 0 Å². The first kappa shape index (κ1) is 7.41. The van der Waals surface area contributed by atoms with Crippen molar-refractivity contribution in [1.82, 2.24) is 4.98 Å². The summed E-state index contributed by atoms with van der Waals surface area (Å²) in [6, 6.07) is 2.62. The Hall–Kier alpha value is -0.700. The molecule has 0 radical (unpaired) electrons. The standard InChI is InChI=1S/C6H4ClF2N/c7-5-2-1-4(3-8)6(9)10-5/h1-2H,3H2. The lowest BCUT2D eigenvalue weighted by Gasteiger charge is -1.94. The topological polar surface area (TPSA) is 12.9 Å². The normalized spacial score (nSPS) is 9.90. The van der Waals surface area contributed by atoms with Gasteiger partial charge in [0.1, 0.15) is 11.8 Å². The van der Waals surface area contributed by atoms with E-state index in [0.29, 0.717) is 0 Å². The Morgan fingerprint density at radius 3 is 2.70 bits per heavy atom. The highest BCUT2D eigenvalue weighted by molar-refractivity contribution is 6.29. The zero-order chi connectivity index (χ0) is 7.56. The van der Waals surface area contributed by atoms with Crippen LogP contribution in [0, 0.1) is 5.95 Å². The van der Waals surface area contributed by atoms with Crippen LogP contribution in [0.3, 0.4) is 0 Å². The number of hydrogen-bond acceptors (Lipinski definition) is 1. The van der Waals surface area contributed by atoms with E-state index in [1.54, 1.807) is 0 Å². The number of aromatic nitrogens is 1. The van der Waals surface area contributed by atoms with Crippen molar-refractivity contribution < 1.29 is 8.78 Å². The molecule has 1 rings (SSSR count). The molecule has 54 valence electrons. The Balaban J connectivity index is 3.07. The Bertz CT molecular complexity index is 239. The van der Waals surface area contributed by atoms with Gasteiger partial charge in [0.2, 0.25) is 5.95 Å². The molecule has 10 heavy (non-hydrogen) atoms. The maximum absolute atomic E-state index is 12.4. The molecule has 0 spiro atoms. The van der Waals surface area contributed by atoms with Crippen LogP contribution < -0.4 is 0 Å². The molecule has 0 aromatic carbocycles. The minimum Gasteiger partial charge on any atom is -0.246 e. The number of alkyl halides is 1. The van der Waals surface area contributed by atoms with Gasteiger partial charge in [0.15, 0.2) is 0 Å². The zero-order valence-corrected chi connectivity index (χ0v) is 5.70. The van der Waals surface area contributed by atoms with E-state index < -0.39 is 12.6 Å². The van der Waals surface area contributed by atoms with Gasteiger partial charge in [-0.1, -0.05) is 11.6 Å². The maximum Gasteiger partial charge on any atom is 0.220 e. The van der Waals surface area contributed by atoms with Gasteiger partial charge in [0, 0.05) is 5.56 Å². The van der Waals surface area contributed by atoms with Gasteiger partial charge < -0.3 is 0 Å². The van der Waals surface area contributed by atoms with Gasteiger partial charge in [-0.25, -0.2) is 9.37 Å². The van der Waals surface area contributed by atoms with Gasteiger partial charge in [-0.2, -0.15) is 4.39 Å². The van der Waals surface area contributed by atoms with E-state index in [9.17, 15) is 8.78 Å². The van der Waals surface area contributed by atoms with Crippen LogP contribution in [0.4, 0.5) is 8.78 Å². The van der Waals surface area contributed by atoms with Crippen LogP contribution in [-0.2, 0) is 6.67 Å². The minimum atomic E-state index is -0.851. The second-order valence-corrected chi connectivity index (χ2v) is 2.10. The van der Waals surface area contributed by atoms with Crippen molar-refractivity contribution in [2.24, 2.45) is 0 Å². The van der Waals surface area contributed by atoms with Crippen molar-refractivity contribution in [1.29, 1.82) is 0 Å². The highest BCUT2D eigenvalue weighted by Crippen LogP contribution is 2.10. The van der Waals surface area contributed by atoms with Crippen LogP contribution >= 0.6 is 11.6 Å². The van der Waals surface area contributed by atoms with Crippen LogP contribution in [0.2, 0.25) is 5.15 Å². The molecule has 0 aliphatic carbocycles. The SMILES string of the molecule is FCc1ccc(Cl)nc1F. The van der Waals surface area contributed by atoms with Gasteiger partial charge >= 0.3 is 0 Å². The van der Waals surface area contributed by atoms with Crippen molar-refractivity contribution in [3.63, 3.8) is 0 Å². The van der Waals surface area contributed by atoms with Gasteiger partial charge in [0.05, 0.1) is 0 Å². The summed E-state index contributed by atoms with van der Waals surface area (Å²) >= 11 is 5.30. The number of pyridine rings is 1. The van der Waals surface area contributed by atoms with Crippen LogP contribution in [-0.4, -0.2) is 4.98 Å². The first-order valence-electron chi connectivity index (χ1n) is 2.61. The predicted octanol–water partition coefficient (Wildman–Crippen LogP) is 2.34. The number of hydrogen-bond donors (Lipinski definition) is 0. The summed E-state index contributed by atoms with van der Waals surface area (Å²) in [6.07, 6.45) is 0. The highest BCUT2D eigenvalue weighted by atomic mass is 35.5. The van der Waals surface area contributed by atoms with Crippen molar-refractivity contribution in [3.8, 4) is 0 Å². The van der Waals surface area contributed by atoms with E-state index in [-0.39, 0.29) is 10.7 Å². The predicted molar refractivity (Wildman–Crippen MR) is 34.0 cm³/mol. The highest BCUT2D eigenvalue weighted by Gasteiger charge is 2.01. The minimum absolute atomic E-state index is 0.0368. The summed E-state index contributed by atoms with van der Waals surface area (Å²) in [6.45, 7) is -0.851. The molecule has 0 saturated carbocycles. The molecule has 1 aromatic heterocycles. The quantitative estimate of drug-likeness (QED) is 0.579. The monoisotopic (exact) mass is 163 g/mol. The zero-order valence-electron chi connectivity index (χ0n) is 4.94. The summed E-state index contributed by atoms with van der Waals surface area (Å²) in [5, 5.41) is 0.0368. The molecular weight excluding hydrogens is 160 g/mol. The first-order valence-corrected chi connectivity index (χ1v) is 2.98. The van der Waals surface area contributed by atoms with Gasteiger partial charge in [0.25, 0.3) is 0 Å². The maximum atomic E-state index is 12.4. The molecule has 0 saturated heterocycles. The molecule has 0 unspecified atom stereocenters. The molecule has 1 aromatic rings. The largest absolute Gasteiger partial charge is 0.246 e. The summed E-state index contributed by atoms with van der Waals surface area (Å²) in [5.41, 5.74) is -0.0654. The molecule has 1 nitrogen and oxygen atoms in total. The Labute approximate surface area is 61.7 Å². The van der Waals surface area contributed by atoms with Crippen LogP contribution in [0.25, 0.3) is 0 Å². The van der Waals surface area contributed by atoms with E-state index in [0.717, 1.165) is 0 Å². The molecule has 0 bridgehead atoms. The lowest BCUT2D eigenvalue weighted by atomic mass is 10.3. The molecule has 1 heterocycles. The molecule has 0 N–H and O–H groups in total. The second-order valence-electron chi connectivity index (χ2n) is 1.72. The Morgan fingerprint density at radius 1 is 1.50 bits per heavy atom. The lowest BCUT2D eigenvalue weighted by molar-refractivity contribution is 0.454. The fourth-order valence-electron chi connectivity index (χ4n) is 0.541. The fraction of sp³-hybridized carbons (Fsp3) is 0.167. The third-order valence-electron chi connectivity index (χ3n) is 1.04. The summed E-state index contributed by atoms with van der Waals surface area (Å²) in [7, 11) is 0. The number of halogens is 3. The first-order chi connectivity index (χ1) is 4.74. The van der Waals surface area contributed by atoms with Crippen molar-refractivity contribution in [2.45, 2.75) is 6.67 Å². The lowest BCUT2D eigenvalue weighted by Crippen LogP contribution is -1.90. The molecule has 0 aliphatic rings. The molecule has 4 heteroatoms. The molecule has 0 fully saturated rings. The van der Waals surface area contributed by atoms with E-state index in [2.05, 4.69) is 4.98 Å². The third-order valence-corrected chi connectivity index (χ3v) is 1.25. The van der Waals surface area contributed by atoms with Crippen LogP contribution in [0.5, 0.6) is 0 Å². The fourth-order valence-corrected chi connectivity index (χ4v) is 0.678. The molecule has 0 aliphatic heterocycles. The number of nitrogens with zero attached hydrogens (tertiary/aromatic N) is 1. The average Bonchev–Trinajstić information content (AvgIpc) is 1.88.